The van der Waals surface area contributed by atoms with E-state index in [-0.39, 0.29) is 0 Å². The quantitative estimate of drug-likeness (QED) is 0.118. The molecule has 0 spiro atoms. The summed E-state index contributed by atoms with van der Waals surface area (Å²) in [4.78, 5) is 17.0. The van der Waals surface area contributed by atoms with Crippen LogP contribution in [0.2, 0.25) is 0 Å². The molecule has 4 nitrogen and oxygen atoms in total. The maximum Gasteiger partial charge on any atom is 0.0447 e. The highest BCUT2D eigenvalue weighted by Gasteiger charge is 2.45. The normalized spacial score (nSPS) is 26.8. The second-order valence-electron chi connectivity index (χ2n) is 20.9. The average molecular weight is 825 g/mol. The molecule has 0 radical (unpaired) electrons. The van der Waals surface area contributed by atoms with E-state index >= 15 is 0 Å². The molecule has 64 heavy (non-hydrogen) atoms. The van der Waals surface area contributed by atoms with Gasteiger partial charge in [0.1, 0.15) is 0 Å². The Labute approximate surface area is 371 Å². The first kappa shape index (κ1) is 34.0. The fourth-order valence-electron chi connectivity index (χ4n) is 16.3. The van der Waals surface area contributed by atoms with Crippen molar-refractivity contribution >= 4 is 24.3 Å². The Kier molecular flexibility index (Phi) is 6.25. The Balaban J connectivity index is 1.02. The molecule has 21 rings (SSSR count). The molecule has 0 saturated heterocycles. The fraction of sp³-hybridized carbons (Fsp3) is 0.267. The van der Waals surface area contributed by atoms with Crippen LogP contribution in [0.4, 0.5) is 0 Å². The van der Waals surface area contributed by atoms with Crippen molar-refractivity contribution in [1.82, 2.24) is 19.9 Å². The van der Waals surface area contributed by atoms with Gasteiger partial charge in [0.15, 0.2) is 0 Å². The summed E-state index contributed by atoms with van der Waals surface area (Å²) >= 11 is 0. The zero-order valence-corrected chi connectivity index (χ0v) is 35.8. The van der Waals surface area contributed by atoms with E-state index < -0.39 is 0 Å². The summed E-state index contributed by atoms with van der Waals surface area (Å²) in [5.41, 5.74) is 29.8. The molecule has 0 fully saturated rings. The van der Waals surface area contributed by atoms with Gasteiger partial charge in [-0.15, -0.1) is 0 Å². The minimum atomic E-state index is 0.392. The Hall–Kier alpha value is -6.52. The average Bonchev–Trinajstić information content (AvgIpc) is 4.13. The number of fused-ring (bicyclic) bond motifs is 12. The Morgan fingerprint density at radius 1 is 0.234 bits per heavy atom. The molecule has 4 heteroatoms. The van der Waals surface area contributed by atoms with E-state index in [9.17, 15) is 0 Å². The molecule has 4 aromatic heterocycles. The number of rotatable bonds is 0. The van der Waals surface area contributed by atoms with Crippen molar-refractivity contribution < 1.29 is 0 Å². The van der Waals surface area contributed by atoms with E-state index in [0.29, 0.717) is 47.3 Å². The molecule has 13 aliphatic rings. The molecule has 8 atom stereocenters. The predicted molar refractivity (Wildman–Crippen MR) is 253 cm³/mol. The van der Waals surface area contributed by atoms with E-state index in [4.69, 9.17) is 0 Å². The van der Waals surface area contributed by atoms with Gasteiger partial charge in [-0.25, -0.2) is 0 Å². The van der Waals surface area contributed by atoms with Gasteiger partial charge in [0.2, 0.25) is 0 Å². The second-order valence-corrected chi connectivity index (χ2v) is 20.9. The zero-order chi connectivity index (χ0) is 41.1. The first-order chi connectivity index (χ1) is 31.7. The highest BCUT2D eigenvalue weighted by atomic mass is 14.8. The maximum atomic E-state index is 4.25. The number of aromatic amines is 4. The second kappa shape index (κ2) is 11.8. The smallest absolute Gasteiger partial charge is 0.0447 e. The summed E-state index contributed by atoms with van der Waals surface area (Å²) in [7, 11) is 0. The van der Waals surface area contributed by atoms with E-state index in [1.807, 2.05) is 0 Å². The van der Waals surface area contributed by atoms with Crippen LogP contribution in [-0.2, 0) is 0 Å². The van der Waals surface area contributed by atoms with E-state index in [1.165, 1.54) is 140 Å². The molecule has 8 aromatic rings. The molecular weight excluding hydrogens is 777 g/mol. The fourth-order valence-corrected chi connectivity index (χ4v) is 16.3. The molecule has 308 valence electrons. The lowest BCUT2D eigenvalue weighted by molar-refractivity contribution is 0.518. The molecule has 0 saturated carbocycles. The molecule has 8 unspecified atom stereocenters. The Bertz CT molecular complexity index is 3240. The maximum absolute atomic E-state index is 4.25. The van der Waals surface area contributed by atoms with Crippen LogP contribution in [0.15, 0.2) is 97.1 Å². The summed E-state index contributed by atoms with van der Waals surface area (Å²) in [6, 6.07) is 37.6. The third-order valence-corrected chi connectivity index (χ3v) is 18.5. The predicted octanol–water partition coefficient (Wildman–Crippen LogP) is 10.1. The monoisotopic (exact) mass is 824 g/mol. The first-order valence-corrected chi connectivity index (χ1v) is 24.5. The number of hydrogen-bond acceptors (Lipinski definition) is 0. The number of hydrogen-bond donors (Lipinski definition) is 4. The van der Waals surface area contributed by atoms with Crippen LogP contribution >= 0.6 is 0 Å². The first-order valence-electron chi connectivity index (χ1n) is 24.5. The third-order valence-electron chi connectivity index (χ3n) is 18.5. The molecular formula is C60H48N4. The minimum absolute atomic E-state index is 0.392. The topological polar surface area (TPSA) is 63.2 Å². The third kappa shape index (κ3) is 4.06. The van der Waals surface area contributed by atoms with Crippen LogP contribution < -0.4 is 21.4 Å². The number of nitrogens with one attached hydrogen (secondary N) is 4. The van der Waals surface area contributed by atoms with Crippen molar-refractivity contribution in [2.24, 2.45) is 0 Å². The standard InChI is InChI=1S/C60H48N4/c1-2-10-30-29(9-1)37-17-18-38(30)54-46-26-48-56-40-21-22-42(34-14-6-5-13-33(34)40)58(56)50(63-48)28-52-60-44-24-23-43(35-15-7-8-16-36(35)44)59(60)51(64-52)27-49-57-41-20-19-39(31-11-3-4-12-32(31)41)55(57)47(62-49)25-45(61-46)53(37)54/h1-16,25-28,37-44,61-64H,17-24H2. The van der Waals surface area contributed by atoms with E-state index in [0.717, 1.165) is 0 Å². The summed E-state index contributed by atoms with van der Waals surface area (Å²) in [6.07, 6.45) is 19.9. The molecule has 5 heterocycles. The van der Waals surface area contributed by atoms with Crippen molar-refractivity contribution in [3.8, 4) is 0 Å². The van der Waals surface area contributed by atoms with Crippen LogP contribution in [0.1, 0.15) is 211 Å². The van der Waals surface area contributed by atoms with Crippen molar-refractivity contribution in [2.75, 3.05) is 0 Å². The van der Waals surface area contributed by atoms with Gasteiger partial charge in [-0.3, -0.25) is 0 Å². The van der Waals surface area contributed by atoms with E-state index in [1.54, 1.807) is 44.5 Å². The molecule has 1 aliphatic heterocycles. The van der Waals surface area contributed by atoms with Crippen molar-refractivity contribution in [3.05, 3.63) is 230 Å². The van der Waals surface area contributed by atoms with Gasteiger partial charge in [-0.1, -0.05) is 97.1 Å². The lowest BCUT2D eigenvalue weighted by atomic mass is 9.63. The molecule has 4 N–H and O–H groups in total. The Morgan fingerprint density at radius 2 is 0.422 bits per heavy atom. The van der Waals surface area contributed by atoms with Gasteiger partial charge < -0.3 is 19.9 Å². The highest BCUT2D eigenvalue weighted by molar-refractivity contribution is 5.75. The Morgan fingerprint density at radius 3 is 0.625 bits per heavy atom. The van der Waals surface area contributed by atoms with Gasteiger partial charge >= 0.3 is 0 Å². The van der Waals surface area contributed by atoms with E-state index in [2.05, 4.69) is 141 Å². The lowest BCUT2D eigenvalue weighted by Crippen LogP contribution is -2.29. The zero-order valence-electron chi connectivity index (χ0n) is 35.8. The molecule has 0 amide bonds. The molecule has 16 bridgehead atoms. The van der Waals surface area contributed by atoms with Crippen molar-refractivity contribution in [1.29, 1.82) is 0 Å². The van der Waals surface area contributed by atoms with Crippen LogP contribution in [0.5, 0.6) is 0 Å². The summed E-state index contributed by atoms with van der Waals surface area (Å²) in [5, 5.41) is 5.21. The number of H-pyrrole nitrogens is 4. The van der Waals surface area contributed by atoms with Crippen LogP contribution in [0.25, 0.3) is 24.3 Å². The largest absolute Gasteiger partial charge is 0.355 e. The van der Waals surface area contributed by atoms with Crippen molar-refractivity contribution in [3.63, 3.8) is 0 Å². The van der Waals surface area contributed by atoms with Gasteiger partial charge in [-0.2, -0.15) is 0 Å². The van der Waals surface area contributed by atoms with Crippen LogP contribution in [0, 0.1) is 0 Å². The van der Waals surface area contributed by atoms with Gasteiger partial charge in [0.25, 0.3) is 0 Å². The number of benzene rings is 4. The molecule has 12 aliphatic carbocycles. The van der Waals surface area contributed by atoms with Gasteiger partial charge in [-0.05, 0) is 165 Å². The van der Waals surface area contributed by atoms with Gasteiger partial charge in [0.05, 0.1) is 0 Å². The van der Waals surface area contributed by atoms with Gasteiger partial charge in [0, 0.05) is 91.5 Å². The minimum Gasteiger partial charge on any atom is -0.355 e. The van der Waals surface area contributed by atoms with Crippen molar-refractivity contribution in [2.45, 2.75) is 98.7 Å². The lowest BCUT2D eigenvalue weighted by Gasteiger charge is -2.40. The summed E-state index contributed by atoms with van der Waals surface area (Å²) < 4.78 is 0. The number of aromatic nitrogens is 4. The SMILES string of the molecule is C1=c2[nH]c(c3c2C2CCC3c3ccccc32)=Cc2[nH]c(c3c2C2CCC3c3ccccc32)C=c2[nH]c(c3c2C2CCC3c3ccccc32)=Cc2[nH]c1c1c2C2CCC1c1ccccc12. The van der Waals surface area contributed by atoms with Crippen LogP contribution in [0.3, 0.4) is 0 Å². The van der Waals surface area contributed by atoms with Crippen LogP contribution in [-0.4, -0.2) is 19.9 Å². The summed E-state index contributed by atoms with van der Waals surface area (Å²) in [6.45, 7) is 0. The highest BCUT2D eigenvalue weighted by Crippen LogP contribution is 2.58. The molecule has 4 aromatic carbocycles. The summed E-state index contributed by atoms with van der Waals surface area (Å²) in [5.74, 6) is 3.13.